The van der Waals surface area contributed by atoms with Gasteiger partial charge in [0.25, 0.3) is 17.7 Å². The maximum atomic E-state index is 12.1. The summed E-state index contributed by atoms with van der Waals surface area (Å²) < 4.78 is 6.96. The van der Waals surface area contributed by atoms with Crippen molar-refractivity contribution in [3.05, 3.63) is 56.5 Å². The van der Waals surface area contributed by atoms with Crippen LogP contribution in [0.25, 0.3) is 0 Å². The average molecular weight is 468 g/mol. The van der Waals surface area contributed by atoms with E-state index in [1.807, 2.05) is 6.07 Å². The van der Waals surface area contributed by atoms with Crippen molar-refractivity contribution < 1.29 is 19.1 Å². The van der Waals surface area contributed by atoms with Gasteiger partial charge in [-0.15, -0.1) is 0 Å². The van der Waals surface area contributed by atoms with Crippen molar-refractivity contribution in [1.82, 2.24) is 4.90 Å². The highest BCUT2D eigenvalue weighted by atomic mass is 79.9. The third kappa shape index (κ3) is 3.45. The summed E-state index contributed by atoms with van der Waals surface area (Å²) in [5.74, 6) is -0.591. The highest BCUT2D eigenvalue weighted by Gasteiger charge is 2.32. The van der Waals surface area contributed by atoms with E-state index in [1.165, 1.54) is 19.2 Å². The normalized spacial score (nSPS) is 13.0. The van der Waals surface area contributed by atoms with Gasteiger partial charge < -0.3 is 10.1 Å². The van der Waals surface area contributed by atoms with Gasteiger partial charge in [0, 0.05) is 12.7 Å². The second-order valence-corrected chi connectivity index (χ2v) is 7.03. The van der Waals surface area contributed by atoms with Crippen LogP contribution in [-0.2, 0) is 4.79 Å². The molecule has 1 aliphatic rings. The number of carbonyl (C=O) groups is 3. The maximum absolute atomic E-state index is 12.1. The largest absolute Gasteiger partial charge is 0.481 e. The van der Waals surface area contributed by atoms with E-state index in [0.29, 0.717) is 17.0 Å². The number of nitrogens with zero attached hydrogens (tertiary/aromatic N) is 1. The van der Waals surface area contributed by atoms with Crippen LogP contribution >= 0.6 is 31.9 Å². The molecule has 0 aliphatic carbocycles. The molecule has 0 bridgehead atoms. The summed E-state index contributed by atoms with van der Waals surface area (Å²) in [5, 5.41) is 2.65. The molecule has 0 unspecified atom stereocenters. The summed E-state index contributed by atoms with van der Waals surface area (Å²) >= 11 is 6.71. The summed E-state index contributed by atoms with van der Waals surface area (Å²) in [6, 6.07) is 10.0. The minimum Gasteiger partial charge on any atom is -0.481 e. The quantitative estimate of drug-likeness (QED) is 0.698. The molecule has 1 aliphatic heterocycles. The predicted molar refractivity (Wildman–Crippen MR) is 98.8 cm³/mol. The first-order valence-electron chi connectivity index (χ1n) is 7.21. The maximum Gasteiger partial charge on any atom is 0.262 e. The van der Waals surface area contributed by atoms with Gasteiger partial charge in [0.1, 0.15) is 5.75 Å². The first kappa shape index (κ1) is 17.6. The molecule has 8 heteroatoms. The van der Waals surface area contributed by atoms with Gasteiger partial charge in [-0.1, -0.05) is 6.07 Å². The van der Waals surface area contributed by atoms with Gasteiger partial charge in [-0.05, 0) is 62.2 Å². The molecule has 1 heterocycles. The molecule has 128 valence electrons. The fraction of sp³-hybridized carbons (Fsp3) is 0.118. The molecule has 2 aromatic carbocycles. The highest BCUT2D eigenvalue weighted by Crippen LogP contribution is 2.33. The fourth-order valence-corrected chi connectivity index (χ4v) is 3.62. The lowest BCUT2D eigenvalue weighted by molar-refractivity contribution is -0.118. The minimum atomic E-state index is -0.385. The first-order valence-corrected chi connectivity index (χ1v) is 8.80. The molecule has 3 amide bonds. The second kappa shape index (κ2) is 6.97. The smallest absolute Gasteiger partial charge is 0.262 e. The first-order chi connectivity index (χ1) is 11.9. The number of halogens is 2. The third-order valence-electron chi connectivity index (χ3n) is 3.64. The Morgan fingerprint density at radius 2 is 1.72 bits per heavy atom. The molecular formula is C17H12Br2N2O4. The van der Waals surface area contributed by atoms with Crippen LogP contribution in [-0.4, -0.2) is 36.3 Å². The Labute approximate surface area is 160 Å². The van der Waals surface area contributed by atoms with E-state index in [-0.39, 0.29) is 29.9 Å². The van der Waals surface area contributed by atoms with Gasteiger partial charge in [0.15, 0.2) is 6.61 Å². The average Bonchev–Trinajstić information content (AvgIpc) is 2.79. The van der Waals surface area contributed by atoms with Gasteiger partial charge in [-0.25, -0.2) is 0 Å². The lowest BCUT2D eigenvalue weighted by Gasteiger charge is -2.10. The van der Waals surface area contributed by atoms with Crippen molar-refractivity contribution in [2.24, 2.45) is 0 Å². The molecule has 6 nitrogen and oxygen atoms in total. The molecule has 25 heavy (non-hydrogen) atoms. The van der Waals surface area contributed by atoms with Crippen LogP contribution < -0.4 is 10.1 Å². The number of fused-ring (bicyclic) bond motifs is 1. The van der Waals surface area contributed by atoms with Crippen molar-refractivity contribution in [3.63, 3.8) is 0 Å². The number of ether oxygens (including phenoxy) is 1. The number of para-hydroxylation sites is 1. The monoisotopic (exact) mass is 466 g/mol. The number of hydrogen-bond donors (Lipinski definition) is 1. The molecule has 0 radical (unpaired) electrons. The molecule has 0 fully saturated rings. The Hall–Kier alpha value is -2.19. The lowest BCUT2D eigenvalue weighted by atomic mass is 10.1. The van der Waals surface area contributed by atoms with Crippen LogP contribution in [0.4, 0.5) is 5.69 Å². The Morgan fingerprint density at radius 3 is 2.40 bits per heavy atom. The summed E-state index contributed by atoms with van der Waals surface area (Å²) in [6.07, 6.45) is 0. The van der Waals surface area contributed by atoms with E-state index in [1.54, 1.807) is 18.2 Å². The summed E-state index contributed by atoms with van der Waals surface area (Å²) in [4.78, 5) is 37.0. The van der Waals surface area contributed by atoms with Crippen LogP contribution in [0.5, 0.6) is 5.75 Å². The van der Waals surface area contributed by atoms with E-state index < -0.39 is 0 Å². The molecule has 2 aromatic rings. The van der Waals surface area contributed by atoms with E-state index in [0.717, 1.165) is 13.8 Å². The van der Waals surface area contributed by atoms with Crippen LogP contribution in [0, 0.1) is 0 Å². The molecule has 0 atom stereocenters. The van der Waals surface area contributed by atoms with E-state index in [2.05, 4.69) is 37.2 Å². The number of imide groups is 1. The Balaban J connectivity index is 1.68. The number of hydrogen-bond acceptors (Lipinski definition) is 4. The number of anilines is 1. The topological polar surface area (TPSA) is 75.7 Å². The highest BCUT2D eigenvalue weighted by molar-refractivity contribution is 9.11. The third-order valence-corrected chi connectivity index (χ3v) is 4.89. The number of amides is 3. The van der Waals surface area contributed by atoms with Gasteiger partial charge in [0.05, 0.1) is 20.1 Å². The van der Waals surface area contributed by atoms with Gasteiger partial charge in [-0.2, -0.15) is 0 Å². The summed E-state index contributed by atoms with van der Waals surface area (Å²) in [7, 11) is 1.42. The molecule has 0 saturated heterocycles. The number of nitrogens with one attached hydrogen (secondary N) is 1. The van der Waals surface area contributed by atoms with Crippen LogP contribution in [0.15, 0.2) is 45.3 Å². The molecule has 0 spiro atoms. The van der Waals surface area contributed by atoms with Crippen LogP contribution in [0.1, 0.15) is 20.7 Å². The zero-order chi connectivity index (χ0) is 18.1. The molecule has 0 saturated carbocycles. The Morgan fingerprint density at radius 1 is 1.08 bits per heavy atom. The summed E-state index contributed by atoms with van der Waals surface area (Å²) in [5.41, 5.74) is 1.04. The number of rotatable bonds is 4. The SMILES string of the molecule is CN1C(=O)c2ccc(NC(=O)COc3c(Br)cccc3Br)cc2C1=O. The second-order valence-electron chi connectivity index (χ2n) is 5.32. The van der Waals surface area contributed by atoms with Crippen molar-refractivity contribution in [2.75, 3.05) is 19.0 Å². The van der Waals surface area contributed by atoms with Gasteiger partial charge in [0.2, 0.25) is 0 Å². The standard InChI is InChI=1S/C17H12Br2N2O4/c1-21-16(23)10-6-5-9(7-11(10)17(21)24)20-14(22)8-25-15-12(18)3-2-4-13(15)19/h2-7H,8H2,1H3,(H,20,22). The van der Waals surface area contributed by atoms with E-state index >= 15 is 0 Å². The number of carbonyl (C=O) groups excluding carboxylic acids is 3. The fourth-order valence-electron chi connectivity index (χ4n) is 2.39. The van der Waals surface area contributed by atoms with E-state index in [9.17, 15) is 14.4 Å². The zero-order valence-corrected chi connectivity index (χ0v) is 16.2. The Bertz CT molecular complexity index is 878. The van der Waals surface area contributed by atoms with Gasteiger partial charge in [-0.3, -0.25) is 19.3 Å². The molecular weight excluding hydrogens is 456 g/mol. The van der Waals surface area contributed by atoms with Crippen LogP contribution in [0.2, 0.25) is 0 Å². The Kier molecular flexibility index (Phi) is 4.91. The molecule has 0 aromatic heterocycles. The minimum absolute atomic E-state index is 0.203. The lowest BCUT2D eigenvalue weighted by Crippen LogP contribution is -2.24. The van der Waals surface area contributed by atoms with E-state index in [4.69, 9.17) is 4.74 Å². The summed E-state index contributed by atoms with van der Waals surface area (Å²) in [6.45, 7) is -0.203. The van der Waals surface area contributed by atoms with Crippen molar-refractivity contribution in [3.8, 4) is 5.75 Å². The predicted octanol–water partition coefficient (Wildman–Crippen LogP) is 3.45. The van der Waals surface area contributed by atoms with Crippen molar-refractivity contribution in [2.45, 2.75) is 0 Å². The van der Waals surface area contributed by atoms with Gasteiger partial charge >= 0.3 is 0 Å². The molecule has 3 rings (SSSR count). The van der Waals surface area contributed by atoms with Crippen molar-refractivity contribution in [1.29, 1.82) is 0 Å². The van der Waals surface area contributed by atoms with Crippen LogP contribution in [0.3, 0.4) is 0 Å². The zero-order valence-electron chi connectivity index (χ0n) is 13.0. The number of benzene rings is 2. The van der Waals surface area contributed by atoms with Crippen molar-refractivity contribution >= 4 is 55.3 Å². The molecule has 1 N–H and O–H groups in total.